The van der Waals surface area contributed by atoms with Crippen molar-refractivity contribution in [1.82, 2.24) is 9.80 Å². The average molecular weight is 377 g/mol. The Bertz CT molecular complexity index is 601. The molecule has 2 aliphatic rings. The number of hydrogen-bond acceptors (Lipinski definition) is 5. The van der Waals surface area contributed by atoms with Crippen LogP contribution in [-0.2, 0) is 4.74 Å². The molecule has 2 unspecified atom stereocenters. The summed E-state index contributed by atoms with van der Waals surface area (Å²) >= 11 is 0. The molecule has 0 saturated carbocycles. The molecule has 2 atom stereocenters. The van der Waals surface area contributed by atoms with Gasteiger partial charge in [0.1, 0.15) is 18.5 Å². The Hall–Kier alpha value is -1.14. The highest BCUT2D eigenvalue weighted by molar-refractivity contribution is 5.44. The number of aliphatic hydroxyl groups excluding tert-OH is 1. The maximum Gasteiger partial charge on any atom is 0.125 e. The van der Waals surface area contributed by atoms with Gasteiger partial charge in [0.15, 0.2) is 0 Å². The molecule has 0 spiro atoms. The Balaban J connectivity index is 1.52. The van der Waals surface area contributed by atoms with Crippen molar-refractivity contribution in [2.45, 2.75) is 52.2 Å². The number of aliphatic hydroxyl groups is 1. The largest absolute Gasteiger partial charge is 0.490 e. The predicted octanol–water partition coefficient (Wildman–Crippen LogP) is 2.54. The van der Waals surface area contributed by atoms with Gasteiger partial charge in [-0.2, -0.15) is 0 Å². The highest BCUT2D eigenvalue weighted by atomic mass is 16.5. The number of morpholine rings is 1. The van der Waals surface area contributed by atoms with Gasteiger partial charge in [-0.15, -0.1) is 0 Å². The van der Waals surface area contributed by atoms with Crippen molar-refractivity contribution >= 4 is 0 Å². The van der Waals surface area contributed by atoms with Gasteiger partial charge >= 0.3 is 0 Å². The lowest BCUT2D eigenvalue weighted by molar-refractivity contribution is 0.00101. The van der Waals surface area contributed by atoms with Crippen LogP contribution >= 0.6 is 0 Å². The van der Waals surface area contributed by atoms with Crippen LogP contribution in [0.1, 0.15) is 36.0 Å². The second-order valence-corrected chi connectivity index (χ2v) is 8.18. The van der Waals surface area contributed by atoms with Crippen LogP contribution in [0.15, 0.2) is 12.1 Å². The fourth-order valence-electron chi connectivity index (χ4n) is 4.24. The molecule has 2 fully saturated rings. The van der Waals surface area contributed by atoms with Crippen LogP contribution in [0, 0.1) is 20.8 Å². The molecule has 2 aliphatic heterocycles. The molecule has 2 saturated heterocycles. The highest BCUT2D eigenvalue weighted by Gasteiger charge is 2.27. The van der Waals surface area contributed by atoms with E-state index in [4.69, 9.17) is 9.47 Å². The number of likely N-dealkylation sites (tertiary alicyclic amines) is 1. The maximum atomic E-state index is 10.6. The first-order chi connectivity index (χ1) is 13.0. The van der Waals surface area contributed by atoms with Gasteiger partial charge in [0.25, 0.3) is 0 Å². The lowest BCUT2D eigenvalue weighted by Gasteiger charge is -2.40. The van der Waals surface area contributed by atoms with E-state index >= 15 is 0 Å². The van der Waals surface area contributed by atoms with Crippen LogP contribution in [0.25, 0.3) is 0 Å². The predicted molar refractivity (Wildman–Crippen MR) is 109 cm³/mol. The van der Waals surface area contributed by atoms with Gasteiger partial charge in [0.2, 0.25) is 0 Å². The monoisotopic (exact) mass is 376 g/mol. The number of aryl methyl sites for hydroxylation is 2. The van der Waals surface area contributed by atoms with E-state index in [0.717, 1.165) is 50.7 Å². The summed E-state index contributed by atoms with van der Waals surface area (Å²) in [7, 11) is 0. The second kappa shape index (κ2) is 9.87. The Kier molecular flexibility index (Phi) is 7.53. The van der Waals surface area contributed by atoms with E-state index in [-0.39, 0.29) is 0 Å². The summed E-state index contributed by atoms with van der Waals surface area (Å²) in [5.41, 5.74) is 3.53. The van der Waals surface area contributed by atoms with Gasteiger partial charge in [-0.1, -0.05) is 18.6 Å². The Morgan fingerprint density at radius 3 is 2.63 bits per heavy atom. The van der Waals surface area contributed by atoms with Crippen LogP contribution in [0.3, 0.4) is 0 Å². The summed E-state index contributed by atoms with van der Waals surface area (Å²) in [5.74, 6) is 0.928. The molecule has 0 aromatic heterocycles. The Labute approximate surface area is 164 Å². The van der Waals surface area contributed by atoms with Crippen LogP contribution in [0.4, 0.5) is 0 Å². The number of rotatable bonds is 7. The third kappa shape index (κ3) is 5.67. The topological polar surface area (TPSA) is 45.2 Å². The van der Waals surface area contributed by atoms with Crippen LogP contribution in [0.5, 0.6) is 5.75 Å². The van der Waals surface area contributed by atoms with Gasteiger partial charge in [-0.05, 0) is 56.8 Å². The molecule has 5 heteroatoms. The summed E-state index contributed by atoms with van der Waals surface area (Å²) in [4.78, 5) is 4.98. The zero-order chi connectivity index (χ0) is 19.2. The smallest absolute Gasteiger partial charge is 0.125 e. The number of nitrogens with zero attached hydrogens (tertiary/aromatic N) is 2. The van der Waals surface area contributed by atoms with Crippen LogP contribution in [-0.4, -0.2) is 79.6 Å². The fraction of sp³-hybridized carbons (Fsp3) is 0.727. The van der Waals surface area contributed by atoms with Crippen LogP contribution in [0.2, 0.25) is 0 Å². The normalized spacial score (nSPS) is 23.3. The molecule has 2 heterocycles. The summed E-state index contributed by atoms with van der Waals surface area (Å²) in [6.07, 6.45) is 3.28. The van der Waals surface area contributed by atoms with E-state index in [0.29, 0.717) is 19.2 Å². The molecule has 3 rings (SSSR count). The Morgan fingerprint density at radius 1 is 1.11 bits per heavy atom. The van der Waals surface area contributed by atoms with Crippen molar-refractivity contribution in [2.75, 3.05) is 52.5 Å². The number of ether oxygens (including phenoxy) is 2. The summed E-state index contributed by atoms with van der Waals surface area (Å²) in [6.45, 7) is 13.2. The zero-order valence-corrected chi connectivity index (χ0v) is 17.2. The summed E-state index contributed by atoms with van der Waals surface area (Å²) in [5, 5.41) is 10.6. The number of benzene rings is 1. The van der Waals surface area contributed by atoms with Crippen molar-refractivity contribution in [3.63, 3.8) is 0 Å². The third-order valence-electron chi connectivity index (χ3n) is 6.06. The van der Waals surface area contributed by atoms with Crippen molar-refractivity contribution in [3.05, 3.63) is 28.8 Å². The van der Waals surface area contributed by atoms with Gasteiger partial charge in [-0.3, -0.25) is 9.80 Å². The molecule has 0 amide bonds. The zero-order valence-electron chi connectivity index (χ0n) is 17.2. The van der Waals surface area contributed by atoms with E-state index < -0.39 is 6.10 Å². The van der Waals surface area contributed by atoms with Gasteiger partial charge in [-0.25, -0.2) is 0 Å². The van der Waals surface area contributed by atoms with Gasteiger partial charge in [0, 0.05) is 32.2 Å². The first kappa shape index (κ1) is 20.6. The van der Waals surface area contributed by atoms with Gasteiger partial charge in [0.05, 0.1) is 13.2 Å². The third-order valence-corrected chi connectivity index (χ3v) is 6.06. The minimum absolute atomic E-state index is 0.353. The van der Waals surface area contributed by atoms with E-state index in [1.165, 1.54) is 30.4 Å². The van der Waals surface area contributed by atoms with E-state index in [2.05, 4.69) is 42.7 Å². The molecular weight excluding hydrogens is 340 g/mol. The standard InChI is InChI=1S/C22H36N2O3/c1-17-7-8-18(2)22(19(17)3)27-16-21(25)15-24-9-5-4-6-20(24)14-23-10-12-26-13-11-23/h7-8,20-21,25H,4-6,9-16H2,1-3H3. The molecule has 1 aromatic rings. The molecule has 0 bridgehead atoms. The van der Waals surface area contributed by atoms with E-state index in [1.54, 1.807) is 0 Å². The van der Waals surface area contributed by atoms with Crippen molar-refractivity contribution in [2.24, 2.45) is 0 Å². The second-order valence-electron chi connectivity index (χ2n) is 8.18. The van der Waals surface area contributed by atoms with Crippen molar-refractivity contribution < 1.29 is 14.6 Å². The number of β-amino-alcohol motifs (C(OH)–C–C–N with tert-alkyl or cyclic N) is 1. The SMILES string of the molecule is Cc1ccc(C)c(OCC(O)CN2CCCCC2CN2CCOCC2)c1C. The molecule has 1 N–H and O–H groups in total. The first-order valence-electron chi connectivity index (χ1n) is 10.5. The maximum absolute atomic E-state index is 10.6. The fourth-order valence-corrected chi connectivity index (χ4v) is 4.24. The average Bonchev–Trinajstić information content (AvgIpc) is 2.67. The first-order valence-corrected chi connectivity index (χ1v) is 10.5. The molecule has 1 aromatic carbocycles. The number of piperidine rings is 1. The molecule has 0 radical (unpaired) electrons. The molecule has 5 nitrogen and oxygen atoms in total. The lowest BCUT2D eigenvalue weighted by Crippen LogP contribution is -2.51. The summed E-state index contributed by atoms with van der Waals surface area (Å²) < 4.78 is 11.5. The molecule has 0 aliphatic carbocycles. The molecular formula is C22H36N2O3. The quantitative estimate of drug-likeness (QED) is 0.792. The minimum atomic E-state index is -0.463. The summed E-state index contributed by atoms with van der Waals surface area (Å²) in [6, 6.07) is 4.75. The van der Waals surface area contributed by atoms with Crippen LogP contribution < -0.4 is 4.74 Å². The van der Waals surface area contributed by atoms with Crippen molar-refractivity contribution in [3.8, 4) is 5.75 Å². The molecule has 152 valence electrons. The minimum Gasteiger partial charge on any atom is -0.490 e. The molecule has 27 heavy (non-hydrogen) atoms. The number of hydrogen-bond donors (Lipinski definition) is 1. The lowest BCUT2D eigenvalue weighted by atomic mass is 10.0. The van der Waals surface area contributed by atoms with E-state index in [1.807, 2.05) is 0 Å². The van der Waals surface area contributed by atoms with E-state index in [9.17, 15) is 5.11 Å². The highest BCUT2D eigenvalue weighted by Crippen LogP contribution is 2.26. The van der Waals surface area contributed by atoms with Crippen molar-refractivity contribution in [1.29, 1.82) is 0 Å². The Morgan fingerprint density at radius 2 is 1.85 bits per heavy atom. The van der Waals surface area contributed by atoms with Gasteiger partial charge < -0.3 is 14.6 Å².